The SMILES string of the molecule is CO[C@H]1C[C@@H](CO)N(C(=O)c2ccoc2Br)C1. The van der Waals surface area contributed by atoms with Crippen molar-refractivity contribution < 1.29 is 19.1 Å². The third-order valence-electron chi connectivity index (χ3n) is 3.03. The van der Waals surface area contributed by atoms with Crippen LogP contribution in [0.15, 0.2) is 21.4 Å². The summed E-state index contributed by atoms with van der Waals surface area (Å²) in [6, 6.07) is 1.43. The molecule has 0 aromatic carbocycles. The van der Waals surface area contributed by atoms with Gasteiger partial charge in [-0.2, -0.15) is 0 Å². The first kappa shape index (κ1) is 12.6. The van der Waals surface area contributed by atoms with Gasteiger partial charge < -0.3 is 19.2 Å². The Labute approximate surface area is 107 Å². The Morgan fingerprint density at radius 1 is 1.76 bits per heavy atom. The van der Waals surface area contributed by atoms with Gasteiger partial charge in [-0.1, -0.05) is 0 Å². The van der Waals surface area contributed by atoms with E-state index in [9.17, 15) is 9.90 Å². The molecule has 1 aliphatic heterocycles. The topological polar surface area (TPSA) is 62.9 Å². The lowest BCUT2D eigenvalue weighted by atomic mass is 10.2. The van der Waals surface area contributed by atoms with Crippen molar-refractivity contribution in [3.63, 3.8) is 0 Å². The van der Waals surface area contributed by atoms with Crippen LogP contribution < -0.4 is 0 Å². The molecular weight excluding hydrogens is 290 g/mol. The van der Waals surface area contributed by atoms with Crippen molar-refractivity contribution in [2.45, 2.75) is 18.6 Å². The Morgan fingerprint density at radius 2 is 2.53 bits per heavy atom. The van der Waals surface area contributed by atoms with Gasteiger partial charge in [-0.25, -0.2) is 0 Å². The Balaban J connectivity index is 2.16. The maximum atomic E-state index is 12.2. The molecule has 0 aliphatic carbocycles. The maximum Gasteiger partial charge on any atom is 0.258 e. The second-order valence-corrected chi connectivity index (χ2v) is 4.72. The highest BCUT2D eigenvalue weighted by atomic mass is 79.9. The summed E-state index contributed by atoms with van der Waals surface area (Å²) < 4.78 is 10.7. The molecule has 1 aliphatic rings. The van der Waals surface area contributed by atoms with Gasteiger partial charge in [0.05, 0.1) is 30.6 Å². The van der Waals surface area contributed by atoms with Gasteiger partial charge in [0.2, 0.25) is 0 Å². The lowest BCUT2D eigenvalue weighted by molar-refractivity contribution is 0.0646. The Hall–Kier alpha value is -0.850. The van der Waals surface area contributed by atoms with E-state index >= 15 is 0 Å². The van der Waals surface area contributed by atoms with E-state index in [2.05, 4.69) is 15.9 Å². The Morgan fingerprint density at radius 3 is 3.06 bits per heavy atom. The van der Waals surface area contributed by atoms with Gasteiger partial charge in [0.15, 0.2) is 4.67 Å². The molecule has 2 rings (SSSR count). The molecule has 17 heavy (non-hydrogen) atoms. The number of rotatable bonds is 3. The Bertz CT molecular complexity index is 406. The van der Waals surface area contributed by atoms with Gasteiger partial charge >= 0.3 is 0 Å². The number of nitrogens with zero attached hydrogens (tertiary/aromatic N) is 1. The van der Waals surface area contributed by atoms with Gasteiger partial charge in [-0.3, -0.25) is 4.79 Å². The van der Waals surface area contributed by atoms with Crippen LogP contribution in [0.5, 0.6) is 0 Å². The molecule has 2 heterocycles. The summed E-state index contributed by atoms with van der Waals surface area (Å²) in [4.78, 5) is 13.9. The van der Waals surface area contributed by atoms with E-state index in [0.717, 1.165) is 0 Å². The van der Waals surface area contributed by atoms with Crippen LogP contribution in [0.2, 0.25) is 0 Å². The summed E-state index contributed by atoms with van der Waals surface area (Å²) in [6.07, 6.45) is 2.10. The van der Waals surface area contributed by atoms with E-state index in [1.807, 2.05) is 0 Å². The first-order valence-electron chi connectivity index (χ1n) is 5.35. The zero-order chi connectivity index (χ0) is 12.4. The van der Waals surface area contributed by atoms with E-state index in [1.165, 1.54) is 6.26 Å². The number of methoxy groups -OCH3 is 1. The zero-order valence-corrected chi connectivity index (χ0v) is 11.0. The molecule has 94 valence electrons. The average Bonchev–Trinajstić information content (AvgIpc) is 2.93. The van der Waals surface area contributed by atoms with Crippen molar-refractivity contribution in [3.8, 4) is 0 Å². The van der Waals surface area contributed by atoms with E-state index < -0.39 is 0 Å². The molecule has 1 fully saturated rings. The fourth-order valence-electron chi connectivity index (χ4n) is 2.07. The molecule has 1 saturated heterocycles. The molecule has 0 saturated carbocycles. The Kier molecular flexibility index (Phi) is 3.86. The minimum Gasteiger partial charge on any atom is -0.457 e. The highest BCUT2D eigenvalue weighted by molar-refractivity contribution is 9.10. The number of amides is 1. The lowest BCUT2D eigenvalue weighted by Gasteiger charge is -2.22. The van der Waals surface area contributed by atoms with E-state index in [4.69, 9.17) is 9.15 Å². The minimum atomic E-state index is -0.186. The summed E-state index contributed by atoms with van der Waals surface area (Å²) >= 11 is 3.18. The zero-order valence-electron chi connectivity index (χ0n) is 9.43. The fraction of sp³-hybridized carbons (Fsp3) is 0.545. The van der Waals surface area contributed by atoms with Crippen LogP contribution in [0.4, 0.5) is 0 Å². The maximum absolute atomic E-state index is 12.2. The predicted molar refractivity (Wildman–Crippen MR) is 63.7 cm³/mol. The van der Waals surface area contributed by atoms with E-state index in [0.29, 0.717) is 23.2 Å². The van der Waals surface area contributed by atoms with Gasteiger partial charge in [-0.15, -0.1) is 0 Å². The summed E-state index contributed by atoms with van der Waals surface area (Å²) in [7, 11) is 1.61. The second-order valence-electron chi connectivity index (χ2n) is 4.00. The average molecular weight is 304 g/mol. The molecular formula is C11H14BrNO4. The molecule has 1 amide bonds. The quantitative estimate of drug-likeness (QED) is 0.913. The van der Waals surface area contributed by atoms with Crippen LogP contribution in [0.25, 0.3) is 0 Å². The normalized spacial score (nSPS) is 24.3. The second kappa shape index (κ2) is 5.20. The third kappa shape index (κ3) is 2.38. The van der Waals surface area contributed by atoms with Crippen LogP contribution in [0, 0.1) is 0 Å². The number of carbonyl (C=O) groups is 1. The molecule has 2 atom stereocenters. The van der Waals surface area contributed by atoms with Crippen molar-refractivity contribution in [2.24, 2.45) is 0 Å². The van der Waals surface area contributed by atoms with Crippen molar-refractivity contribution in [1.82, 2.24) is 4.90 Å². The lowest BCUT2D eigenvalue weighted by Crippen LogP contribution is -2.38. The first-order valence-corrected chi connectivity index (χ1v) is 6.14. The van der Waals surface area contributed by atoms with Gasteiger partial charge in [-0.05, 0) is 28.4 Å². The molecule has 1 N–H and O–H groups in total. The minimum absolute atomic E-state index is 0.0122. The number of carbonyl (C=O) groups excluding carboxylic acids is 1. The van der Waals surface area contributed by atoms with Crippen LogP contribution >= 0.6 is 15.9 Å². The first-order chi connectivity index (χ1) is 8.17. The van der Waals surface area contributed by atoms with Crippen LogP contribution in [-0.4, -0.2) is 48.3 Å². The summed E-state index contributed by atoms with van der Waals surface area (Å²) in [5.41, 5.74) is 0.472. The predicted octanol–water partition coefficient (Wildman–Crippen LogP) is 1.26. The van der Waals surface area contributed by atoms with Gasteiger partial charge in [0.25, 0.3) is 5.91 Å². The summed E-state index contributed by atoms with van der Waals surface area (Å²) in [5.74, 6) is -0.149. The largest absolute Gasteiger partial charge is 0.457 e. The molecule has 0 radical (unpaired) electrons. The number of hydrogen-bond acceptors (Lipinski definition) is 4. The summed E-state index contributed by atoms with van der Waals surface area (Å²) in [6.45, 7) is 0.444. The molecule has 0 bridgehead atoms. The molecule has 6 heteroatoms. The molecule has 0 spiro atoms. The van der Waals surface area contributed by atoms with Crippen molar-refractivity contribution >= 4 is 21.8 Å². The number of halogens is 1. The van der Waals surface area contributed by atoms with Crippen LogP contribution in [0.1, 0.15) is 16.8 Å². The van der Waals surface area contributed by atoms with Gasteiger partial charge in [0.1, 0.15) is 0 Å². The van der Waals surface area contributed by atoms with Crippen LogP contribution in [0.3, 0.4) is 0 Å². The molecule has 1 aromatic rings. The van der Waals surface area contributed by atoms with Crippen molar-refractivity contribution in [3.05, 3.63) is 22.6 Å². The van der Waals surface area contributed by atoms with Crippen LogP contribution in [-0.2, 0) is 4.74 Å². The summed E-state index contributed by atoms with van der Waals surface area (Å²) in [5, 5.41) is 9.28. The van der Waals surface area contributed by atoms with Crippen molar-refractivity contribution in [2.75, 3.05) is 20.3 Å². The highest BCUT2D eigenvalue weighted by Gasteiger charge is 2.36. The third-order valence-corrected chi connectivity index (χ3v) is 3.64. The number of aliphatic hydroxyl groups excluding tert-OH is 1. The number of aliphatic hydroxyl groups is 1. The monoisotopic (exact) mass is 303 g/mol. The molecule has 5 nitrogen and oxygen atoms in total. The van der Waals surface area contributed by atoms with Crippen molar-refractivity contribution in [1.29, 1.82) is 0 Å². The van der Waals surface area contributed by atoms with E-state index in [-0.39, 0.29) is 24.7 Å². The highest BCUT2D eigenvalue weighted by Crippen LogP contribution is 2.25. The van der Waals surface area contributed by atoms with Gasteiger partial charge in [0, 0.05) is 13.7 Å². The number of ether oxygens (including phenoxy) is 1. The number of hydrogen-bond donors (Lipinski definition) is 1. The number of likely N-dealkylation sites (tertiary alicyclic amines) is 1. The fourth-order valence-corrected chi connectivity index (χ4v) is 2.48. The molecule has 1 aromatic heterocycles. The standard InChI is InChI=1S/C11H14BrNO4/c1-16-8-4-7(6-14)13(5-8)11(15)9-2-3-17-10(9)12/h2-3,7-8,14H,4-6H2,1H3/t7-,8-/m0/s1. The van der Waals surface area contributed by atoms with E-state index in [1.54, 1.807) is 18.1 Å². The molecule has 0 unspecified atom stereocenters. The smallest absolute Gasteiger partial charge is 0.258 e. The number of furan rings is 1.